The van der Waals surface area contributed by atoms with Crippen LogP contribution in [0.5, 0.6) is 5.75 Å². The maximum Gasteiger partial charge on any atom is 0.237 e. The summed E-state index contributed by atoms with van der Waals surface area (Å²) in [7, 11) is 1.68. The summed E-state index contributed by atoms with van der Waals surface area (Å²) < 4.78 is 5.27. The van der Waals surface area contributed by atoms with Crippen LogP contribution in [0.3, 0.4) is 0 Å². The van der Waals surface area contributed by atoms with Crippen LogP contribution in [0, 0.1) is 5.92 Å². The number of aliphatic hydroxyl groups is 1. The zero-order valence-corrected chi connectivity index (χ0v) is 13.5. The summed E-state index contributed by atoms with van der Waals surface area (Å²) in [5.41, 5.74) is 1.17. The van der Waals surface area contributed by atoms with Crippen molar-refractivity contribution in [1.82, 2.24) is 10.6 Å². The van der Waals surface area contributed by atoms with Crippen molar-refractivity contribution in [2.24, 2.45) is 5.92 Å². The monoisotopic (exact) mass is 319 g/mol. The normalized spacial score (nSPS) is 27.2. The molecule has 0 saturated carbocycles. The molecule has 0 aromatic heterocycles. The van der Waals surface area contributed by atoms with Crippen LogP contribution in [0.15, 0.2) is 24.3 Å². The molecule has 1 aromatic rings. The second-order valence-corrected chi connectivity index (χ2v) is 6.40. The molecule has 2 fully saturated rings. The first-order valence-electron chi connectivity index (χ1n) is 8.24. The van der Waals surface area contributed by atoms with Crippen LogP contribution >= 0.6 is 0 Å². The summed E-state index contributed by atoms with van der Waals surface area (Å²) in [6.45, 7) is 3.13. The number of rotatable bonds is 5. The highest BCUT2D eigenvalue weighted by atomic mass is 16.5. The van der Waals surface area contributed by atoms with Crippen LogP contribution in [0.25, 0.3) is 0 Å². The van der Waals surface area contributed by atoms with Gasteiger partial charge in [-0.1, -0.05) is 6.07 Å². The van der Waals surface area contributed by atoms with Crippen molar-refractivity contribution in [3.05, 3.63) is 24.3 Å². The average molecular weight is 319 g/mol. The number of carbonyl (C=O) groups is 1. The van der Waals surface area contributed by atoms with E-state index in [0.717, 1.165) is 25.3 Å². The third kappa shape index (κ3) is 3.95. The second kappa shape index (κ2) is 7.19. The second-order valence-electron chi connectivity index (χ2n) is 6.40. The van der Waals surface area contributed by atoms with Crippen molar-refractivity contribution in [2.45, 2.75) is 25.0 Å². The smallest absolute Gasteiger partial charge is 0.237 e. The number of ether oxygens (including phenoxy) is 1. The standard InChI is InChI=1S/C17H25N3O3/c1-23-15-4-2-3-13(7-15)20-6-5-12(11-20)9-19-17(22)16-8-14(21)10-18-16/h2-4,7,12,14,16,18,21H,5-6,8-11H2,1H3,(H,19,22). The van der Waals surface area contributed by atoms with Crippen LogP contribution in [0.2, 0.25) is 0 Å². The molecule has 6 nitrogen and oxygen atoms in total. The van der Waals surface area contributed by atoms with Gasteiger partial charge in [-0.3, -0.25) is 4.79 Å². The molecule has 0 radical (unpaired) electrons. The molecule has 3 unspecified atom stereocenters. The lowest BCUT2D eigenvalue weighted by Crippen LogP contribution is -2.42. The average Bonchev–Trinajstić information content (AvgIpc) is 3.22. The van der Waals surface area contributed by atoms with Gasteiger partial charge in [-0.2, -0.15) is 0 Å². The van der Waals surface area contributed by atoms with Crippen molar-refractivity contribution >= 4 is 11.6 Å². The zero-order chi connectivity index (χ0) is 16.2. The molecule has 2 aliphatic heterocycles. The van der Waals surface area contributed by atoms with Gasteiger partial charge in [0, 0.05) is 37.9 Å². The molecule has 1 aromatic carbocycles. The Kier molecular flexibility index (Phi) is 5.03. The Morgan fingerprint density at radius 1 is 1.52 bits per heavy atom. The minimum atomic E-state index is -0.402. The van der Waals surface area contributed by atoms with Crippen molar-refractivity contribution in [2.75, 3.05) is 38.2 Å². The molecular weight excluding hydrogens is 294 g/mol. The Bertz CT molecular complexity index is 552. The van der Waals surface area contributed by atoms with Gasteiger partial charge in [0.25, 0.3) is 0 Å². The number of nitrogens with one attached hydrogen (secondary N) is 2. The highest BCUT2D eigenvalue weighted by molar-refractivity contribution is 5.82. The van der Waals surface area contributed by atoms with E-state index >= 15 is 0 Å². The van der Waals surface area contributed by atoms with E-state index in [4.69, 9.17) is 4.74 Å². The van der Waals surface area contributed by atoms with E-state index in [-0.39, 0.29) is 11.9 Å². The van der Waals surface area contributed by atoms with Crippen LogP contribution in [-0.2, 0) is 4.79 Å². The highest BCUT2D eigenvalue weighted by Gasteiger charge is 2.29. The number of hydrogen-bond acceptors (Lipinski definition) is 5. The van der Waals surface area contributed by atoms with Gasteiger partial charge in [0.2, 0.25) is 5.91 Å². The van der Waals surface area contributed by atoms with Crippen LogP contribution in [-0.4, -0.2) is 56.4 Å². The van der Waals surface area contributed by atoms with Crippen LogP contribution in [0.1, 0.15) is 12.8 Å². The van der Waals surface area contributed by atoms with E-state index in [1.54, 1.807) is 7.11 Å². The van der Waals surface area contributed by atoms with Gasteiger partial charge in [0.05, 0.1) is 19.3 Å². The van der Waals surface area contributed by atoms with E-state index in [1.165, 1.54) is 5.69 Å². The Morgan fingerprint density at radius 2 is 2.39 bits per heavy atom. The lowest BCUT2D eigenvalue weighted by Gasteiger charge is -2.20. The van der Waals surface area contributed by atoms with Crippen molar-refractivity contribution in [1.29, 1.82) is 0 Å². The quantitative estimate of drug-likeness (QED) is 0.731. The van der Waals surface area contributed by atoms with E-state index in [0.29, 0.717) is 25.4 Å². The molecule has 3 atom stereocenters. The highest BCUT2D eigenvalue weighted by Crippen LogP contribution is 2.26. The number of β-amino-alcohol motifs (C(OH)–C–C–N with tert-alkyl or cyclic N) is 1. The molecule has 126 valence electrons. The first-order valence-corrected chi connectivity index (χ1v) is 8.24. The summed E-state index contributed by atoms with van der Waals surface area (Å²) in [5.74, 6) is 1.32. The maximum atomic E-state index is 12.1. The lowest BCUT2D eigenvalue weighted by atomic mass is 10.1. The number of anilines is 1. The molecular formula is C17H25N3O3. The fourth-order valence-corrected chi connectivity index (χ4v) is 3.33. The van der Waals surface area contributed by atoms with Gasteiger partial charge in [0.15, 0.2) is 0 Å². The van der Waals surface area contributed by atoms with E-state index in [9.17, 15) is 9.90 Å². The summed E-state index contributed by atoms with van der Waals surface area (Å²) >= 11 is 0. The zero-order valence-electron chi connectivity index (χ0n) is 13.5. The van der Waals surface area contributed by atoms with Crippen molar-refractivity contribution in [3.8, 4) is 5.75 Å². The fourth-order valence-electron chi connectivity index (χ4n) is 3.33. The third-order valence-electron chi connectivity index (χ3n) is 4.69. The lowest BCUT2D eigenvalue weighted by molar-refractivity contribution is -0.123. The molecule has 1 amide bonds. The molecule has 2 heterocycles. The van der Waals surface area contributed by atoms with Gasteiger partial charge >= 0.3 is 0 Å². The van der Waals surface area contributed by atoms with Gasteiger partial charge in [0.1, 0.15) is 5.75 Å². The number of aliphatic hydroxyl groups excluding tert-OH is 1. The summed E-state index contributed by atoms with van der Waals surface area (Å²) in [4.78, 5) is 14.4. The Morgan fingerprint density at radius 3 is 3.13 bits per heavy atom. The minimum Gasteiger partial charge on any atom is -0.497 e. The molecule has 2 aliphatic rings. The predicted octanol–water partition coefficient (Wildman–Crippen LogP) is 0.361. The first kappa shape index (κ1) is 16.1. The number of amides is 1. The fraction of sp³-hybridized carbons (Fsp3) is 0.588. The van der Waals surface area contributed by atoms with Gasteiger partial charge in [-0.05, 0) is 30.9 Å². The number of nitrogens with zero attached hydrogens (tertiary/aromatic N) is 1. The van der Waals surface area contributed by atoms with E-state index in [2.05, 4.69) is 21.6 Å². The summed E-state index contributed by atoms with van der Waals surface area (Å²) in [6.07, 6.45) is 1.17. The summed E-state index contributed by atoms with van der Waals surface area (Å²) in [5, 5.41) is 15.5. The van der Waals surface area contributed by atoms with Gasteiger partial charge < -0.3 is 25.4 Å². The van der Waals surface area contributed by atoms with E-state index in [1.807, 2.05) is 18.2 Å². The molecule has 6 heteroatoms. The maximum absolute atomic E-state index is 12.1. The predicted molar refractivity (Wildman–Crippen MR) is 88.7 cm³/mol. The Balaban J connectivity index is 1.47. The van der Waals surface area contributed by atoms with Crippen molar-refractivity contribution < 1.29 is 14.6 Å². The summed E-state index contributed by atoms with van der Waals surface area (Å²) in [6, 6.07) is 7.83. The number of hydrogen-bond donors (Lipinski definition) is 3. The van der Waals surface area contributed by atoms with Gasteiger partial charge in [-0.25, -0.2) is 0 Å². The molecule has 0 aliphatic carbocycles. The third-order valence-corrected chi connectivity index (χ3v) is 4.69. The number of benzene rings is 1. The molecule has 23 heavy (non-hydrogen) atoms. The Hall–Kier alpha value is -1.79. The first-order chi connectivity index (χ1) is 11.2. The molecule has 0 bridgehead atoms. The molecule has 3 rings (SSSR count). The molecule has 0 spiro atoms. The van der Waals surface area contributed by atoms with E-state index < -0.39 is 6.10 Å². The van der Waals surface area contributed by atoms with Crippen molar-refractivity contribution in [3.63, 3.8) is 0 Å². The molecule has 2 saturated heterocycles. The number of carbonyl (C=O) groups excluding carboxylic acids is 1. The van der Waals surface area contributed by atoms with Crippen LogP contribution in [0.4, 0.5) is 5.69 Å². The Labute approximate surface area is 136 Å². The van der Waals surface area contributed by atoms with Gasteiger partial charge in [-0.15, -0.1) is 0 Å². The topological polar surface area (TPSA) is 73.8 Å². The minimum absolute atomic E-state index is 0.00128. The SMILES string of the molecule is COc1cccc(N2CCC(CNC(=O)C3CC(O)CN3)C2)c1. The molecule has 3 N–H and O–H groups in total. The number of methoxy groups -OCH3 is 1. The largest absolute Gasteiger partial charge is 0.497 e. The van der Waals surface area contributed by atoms with Crippen LogP contribution < -0.4 is 20.3 Å².